The number of ether oxygens (including phenoxy) is 2. The van der Waals surface area contributed by atoms with Crippen LogP contribution in [0.15, 0.2) is 22.7 Å². The first kappa shape index (κ1) is 11.0. The summed E-state index contributed by atoms with van der Waals surface area (Å²) < 4.78 is 10.0. The van der Waals surface area contributed by atoms with Crippen LogP contribution in [0.1, 0.15) is 10.4 Å². The average Bonchev–Trinajstić information content (AvgIpc) is 2.18. The molecule has 0 unspecified atom stereocenters. The Bertz CT molecular complexity index is 341. The van der Waals surface area contributed by atoms with Gasteiger partial charge in [0.25, 0.3) is 0 Å². The minimum Gasteiger partial charge on any atom is -0.435 e. The van der Waals surface area contributed by atoms with Crippen LogP contribution in [0.25, 0.3) is 0 Å². The van der Waals surface area contributed by atoms with Crippen molar-refractivity contribution in [2.24, 2.45) is 0 Å². The molecule has 0 radical (unpaired) electrons. The number of carbonyl (C=O) groups excluding carboxylic acids is 1. The highest BCUT2D eigenvalue weighted by molar-refractivity contribution is 9.10. The van der Waals surface area contributed by atoms with Crippen molar-refractivity contribution >= 4 is 27.6 Å². The van der Waals surface area contributed by atoms with E-state index in [2.05, 4.69) is 20.7 Å². The monoisotopic (exact) mass is 259 g/mol. The maximum absolute atomic E-state index is 11.4. The van der Waals surface area contributed by atoms with Crippen molar-refractivity contribution in [3.63, 3.8) is 0 Å². The molecule has 0 saturated carbocycles. The van der Waals surface area contributed by atoms with Crippen molar-refractivity contribution in [1.82, 2.24) is 0 Å². The zero-order valence-corrected chi connectivity index (χ0v) is 9.21. The molecule has 1 aromatic carbocycles. The smallest absolute Gasteiger partial charge is 0.341 e. The predicted molar refractivity (Wildman–Crippen MR) is 55.8 cm³/mol. The largest absolute Gasteiger partial charge is 0.435 e. The van der Waals surface area contributed by atoms with E-state index < -0.39 is 5.97 Å². The molecule has 0 aromatic heterocycles. The Morgan fingerprint density at radius 1 is 1.57 bits per heavy atom. The van der Waals surface area contributed by atoms with E-state index in [0.717, 1.165) is 0 Å². The highest BCUT2D eigenvalue weighted by Crippen LogP contribution is 2.20. The molecule has 0 heterocycles. The van der Waals surface area contributed by atoms with Crippen LogP contribution in [0.4, 0.5) is 5.69 Å². The minimum absolute atomic E-state index is 0.0694. The number of benzene rings is 1. The lowest BCUT2D eigenvalue weighted by Gasteiger charge is -2.05. The van der Waals surface area contributed by atoms with E-state index in [-0.39, 0.29) is 6.79 Å². The summed E-state index contributed by atoms with van der Waals surface area (Å²) in [5.41, 5.74) is 6.44. The fourth-order valence-electron chi connectivity index (χ4n) is 0.890. The summed E-state index contributed by atoms with van der Waals surface area (Å²) in [6, 6.07) is 4.93. The summed E-state index contributed by atoms with van der Waals surface area (Å²) >= 11 is 3.23. The second-order valence-electron chi connectivity index (χ2n) is 2.58. The summed E-state index contributed by atoms with van der Waals surface area (Å²) in [6.45, 7) is -0.0694. The van der Waals surface area contributed by atoms with Crippen molar-refractivity contribution in [2.45, 2.75) is 0 Å². The Morgan fingerprint density at radius 3 is 2.93 bits per heavy atom. The predicted octanol–water partition coefficient (Wildman–Crippen LogP) is 1.79. The first-order chi connectivity index (χ1) is 6.65. The molecule has 0 bridgehead atoms. The highest BCUT2D eigenvalue weighted by atomic mass is 79.9. The van der Waals surface area contributed by atoms with Gasteiger partial charge in [0.1, 0.15) is 0 Å². The number of anilines is 1. The summed E-state index contributed by atoms with van der Waals surface area (Å²) in [6.07, 6.45) is 0. The SMILES string of the molecule is COCOC(=O)c1cc(N)ccc1Br. The van der Waals surface area contributed by atoms with Gasteiger partial charge in [-0.2, -0.15) is 0 Å². The van der Waals surface area contributed by atoms with E-state index >= 15 is 0 Å². The summed E-state index contributed by atoms with van der Waals surface area (Å²) in [5, 5.41) is 0. The van der Waals surface area contributed by atoms with Gasteiger partial charge in [0.2, 0.25) is 0 Å². The molecule has 0 fully saturated rings. The molecule has 0 aliphatic carbocycles. The lowest BCUT2D eigenvalue weighted by Crippen LogP contribution is -2.08. The quantitative estimate of drug-likeness (QED) is 0.511. The van der Waals surface area contributed by atoms with E-state index in [1.807, 2.05) is 0 Å². The number of nitrogen functional groups attached to an aromatic ring is 1. The van der Waals surface area contributed by atoms with Crippen LogP contribution in [0, 0.1) is 0 Å². The van der Waals surface area contributed by atoms with Gasteiger partial charge in [0, 0.05) is 17.3 Å². The Labute approximate surface area is 90.1 Å². The van der Waals surface area contributed by atoms with E-state index in [4.69, 9.17) is 10.5 Å². The summed E-state index contributed by atoms with van der Waals surface area (Å²) in [7, 11) is 1.45. The third kappa shape index (κ3) is 2.71. The molecular weight excluding hydrogens is 250 g/mol. The van der Waals surface area contributed by atoms with Crippen molar-refractivity contribution < 1.29 is 14.3 Å². The lowest BCUT2D eigenvalue weighted by atomic mass is 10.2. The summed E-state index contributed by atoms with van der Waals surface area (Å²) in [5.74, 6) is -0.467. The number of hydrogen-bond donors (Lipinski definition) is 1. The third-order valence-electron chi connectivity index (χ3n) is 1.52. The van der Waals surface area contributed by atoms with Gasteiger partial charge in [-0.1, -0.05) is 0 Å². The Hall–Kier alpha value is -1.07. The number of halogens is 1. The molecule has 1 aromatic rings. The fourth-order valence-corrected chi connectivity index (χ4v) is 1.30. The van der Waals surface area contributed by atoms with Crippen LogP contribution < -0.4 is 5.73 Å². The van der Waals surface area contributed by atoms with Crippen LogP contribution >= 0.6 is 15.9 Å². The fraction of sp³-hybridized carbons (Fsp3) is 0.222. The second kappa shape index (κ2) is 4.97. The van der Waals surface area contributed by atoms with E-state index in [9.17, 15) is 4.79 Å². The lowest BCUT2D eigenvalue weighted by molar-refractivity contribution is -0.0125. The topological polar surface area (TPSA) is 61.5 Å². The third-order valence-corrected chi connectivity index (χ3v) is 2.21. The minimum atomic E-state index is -0.467. The molecule has 76 valence electrons. The molecule has 5 heteroatoms. The first-order valence-electron chi connectivity index (χ1n) is 3.86. The zero-order valence-electron chi connectivity index (χ0n) is 7.62. The van der Waals surface area contributed by atoms with Crippen LogP contribution in [0.3, 0.4) is 0 Å². The van der Waals surface area contributed by atoms with Crippen LogP contribution in [0.5, 0.6) is 0 Å². The molecule has 1 rings (SSSR count). The number of carbonyl (C=O) groups is 1. The number of methoxy groups -OCH3 is 1. The first-order valence-corrected chi connectivity index (χ1v) is 4.65. The molecule has 0 amide bonds. The van der Waals surface area contributed by atoms with Gasteiger partial charge in [-0.25, -0.2) is 4.79 Å². The molecule has 0 aliphatic rings. The number of hydrogen-bond acceptors (Lipinski definition) is 4. The number of esters is 1. The van der Waals surface area contributed by atoms with Crippen molar-refractivity contribution in [2.75, 3.05) is 19.6 Å². The maximum atomic E-state index is 11.4. The standard InChI is InChI=1S/C9H10BrNO3/c1-13-5-14-9(12)7-4-6(11)2-3-8(7)10/h2-4H,5,11H2,1H3. The molecule has 0 aliphatic heterocycles. The number of rotatable bonds is 3. The van der Waals surface area contributed by atoms with Crippen LogP contribution in [-0.4, -0.2) is 19.9 Å². The second-order valence-corrected chi connectivity index (χ2v) is 3.43. The summed E-state index contributed by atoms with van der Waals surface area (Å²) in [4.78, 5) is 11.4. The Kier molecular flexibility index (Phi) is 3.91. The van der Waals surface area contributed by atoms with Crippen LogP contribution in [-0.2, 0) is 9.47 Å². The Morgan fingerprint density at radius 2 is 2.29 bits per heavy atom. The van der Waals surface area contributed by atoms with Crippen molar-refractivity contribution in [3.05, 3.63) is 28.2 Å². The molecule has 0 atom stereocenters. The highest BCUT2D eigenvalue weighted by Gasteiger charge is 2.11. The van der Waals surface area contributed by atoms with Gasteiger partial charge in [-0.15, -0.1) is 0 Å². The van der Waals surface area contributed by atoms with E-state index in [0.29, 0.717) is 15.7 Å². The molecule has 0 spiro atoms. The van der Waals surface area contributed by atoms with Gasteiger partial charge in [0.05, 0.1) is 5.56 Å². The molecule has 2 N–H and O–H groups in total. The number of nitrogens with two attached hydrogens (primary N) is 1. The van der Waals surface area contributed by atoms with Gasteiger partial charge in [-0.3, -0.25) is 0 Å². The van der Waals surface area contributed by atoms with E-state index in [1.165, 1.54) is 7.11 Å². The zero-order chi connectivity index (χ0) is 10.6. The van der Waals surface area contributed by atoms with E-state index in [1.54, 1.807) is 18.2 Å². The molecule has 14 heavy (non-hydrogen) atoms. The van der Waals surface area contributed by atoms with Gasteiger partial charge < -0.3 is 15.2 Å². The molecule has 0 saturated heterocycles. The average molecular weight is 260 g/mol. The normalized spacial score (nSPS) is 9.86. The van der Waals surface area contributed by atoms with Crippen LogP contribution in [0.2, 0.25) is 0 Å². The molecular formula is C9H10BrNO3. The van der Waals surface area contributed by atoms with Crippen molar-refractivity contribution in [1.29, 1.82) is 0 Å². The maximum Gasteiger partial charge on any atom is 0.341 e. The molecule has 4 nitrogen and oxygen atoms in total. The van der Waals surface area contributed by atoms with Gasteiger partial charge in [0.15, 0.2) is 6.79 Å². The Balaban J connectivity index is 2.83. The van der Waals surface area contributed by atoms with Crippen molar-refractivity contribution in [3.8, 4) is 0 Å². The van der Waals surface area contributed by atoms with Gasteiger partial charge in [-0.05, 0) is 34.1 Å². The van der Waals surface area contributed by atoms with Gasteiger partial charge >= 0.3 is 5.97 Å².